The summed E-state index contributed by atoms with van der Waals surface area (Å²) in [4.78, 5) is 29.1. The van der Waals surface area contributed by atoms with Gasteiger partial charge in [0.05, 0.1) is 17.3 Å². The number of rotatable bonds is 4. The summed E-state index contributed by atoms with van der Waals surface area (Å²) < 4.78 is 7.16. The highest BCUT2D eigenvalue weighted by molar-refractivity contribution is 5.97. The molecule has 0 radical (unpaired) electrons. The first-order chi connectivity index (χ1) is 13.5. The molecule has 0 saturated carbocycles. The zero-order valence-electron chi connectivity index (χ0n) is 15.6. The van der Waals surface area contributed by atoms with Crippen molar-refractivity contribution in [1.29, 1.82) is 0 Å². The molecule has 0 aliphatic carbocycles. The highest BCUT2D eigenvalue weighted by Crippen LogP contribution is 2.29. The van der Waals surface area contributed by atoms with Gasteiger partial charge in [-0.05, 0) is 43.2 Å². The highest BCUT2D eigenvalue weighted by Gasteiger charge is 2.42. The quantitative estimate of drug-likeness (QED) is 0.708. The SMILES string of the molecule is CC(NC(=O)C1(C)Cc2ccccc2C(=O)O1)c1ccc(-n2cncn2)cc1. The number of cyclic esters (lactones) is 1. The van der Waals surface area contributed by atoms with Gasteiger partial charge < -0.3 is 10.1 Å². The van der Waals surface area contributed by atoms with E-state index in [-0.39, 0.29) is 11.9 Å². The number of hydrogen-bond acceptors (Lipinski definition) is 5. The fourth-order valence-corrected chi connectivity index (χ4v) is 3.35. The van der Waals surface area contributed by atoms with Crippen LogP contribution in [0.5, 0.6) is 0 Å². The van der Waals surface area contributed by atoms with Crippen LogP contribution in [-0.2, 0) is 16.0 Å². The van der Waals surface area contributed by atoms with Crippen LogP contribution in [0.15, 0.2) is 61.2 Å². The Hall–Kier alpha value is -3.48. The standard InChI is InChI=1S/C21H20N4O3/c1-14(15-7-9-17(10-8-15)25-13-22-12-23-25)24-20(27)21(2)11-16-5-3-4-6-18(16)19(26)28-21/h3-10,12-14H,11H2,1-2H3,(H,24,27). The van der Waals surface area contributed by atoms with Crippen LogP contribution in [-0.4, -0.2) is 32.2 Å². The lowest BCUT2D eigenvalue weighted by Crippen LogP contribution is -2.52. The minimum atomic E-state index is -1.24. The number of carbonyl (C=O) groups excluding carboxylic acids is 2. The zero-order chi connectivity index (χ0) is 19.7. The van der Waals surface area contributed by atoms with Crippen molar-refractivity contribution in [3.8, 4) is 5.69 Å². The molecule has 0 saturated heterocycles. The average Bonchev–Trinajstić information content (AvgIpc) is 3.23. The Labute approximate surface area is 162 Å². The number of ether oxygens (including phenoxy) is 1. The van der Waals surface area contributed by atoms with Gasteiger partial charge >= 0.3 is 5.97 Å². The van der Waals surface area contributed by atoms with E-state index >= 15 is 0 Å². The van der Waals surface area contributed by atoms with E-state index in [4.69, 9.17) is 4.74 Å². The van der Waals surface area contributed by atoms with Crippen LogP contribution in [0.25, 0.3) is 5.69 Å². The monoisotopic (exact) mass is 376 g/mol. The first-order valence-electron chi connectivity index (χ1n) is 9.03. The second-order valence-electron chi connectivity index (χ2n) is 7.08. The van der Waals surface area contributed by atoms with E-state index < -0.39 is 11.6 Å². The van der Waals surface area contributed by atoms with E-state index in [0.29, 0.717) is 12.0 Å². The van der Waals surface area contributed by atoms with Crippen molar-refractivity contribution < 1.29 is 14.3 Å². The summed E-state index contributed by atoms with van der Waals surface area (Å²) in [7, 11) is 0. The molecule has 3 aromatic rings. The van der Waals surface area contributed by atoms with Crippen LogP contribution in [0.3, 0.4) is 0 Å². The van der Waals surface area contributed by atoms with Crippen molar-refractivity contribution in [2.75, 3.05) is 0 Å². The molecule has 1 aliphatic rings. The van der Waals surface area contributed by atoms with Crippen molar-refractivity contribution >= 4 is 11.9 Å². The molecule has 142 valence electrons. The van der Waals surface area contributed by atoms with E-state index in [2.05, 4.69) is 15.4 Å². The van der Waals surface area contributed by atoms with Crippen LogP contribution < -0.4 is 5.32 Å². The minimum Gasteiger partial charge on any atom is -0.445 e. The predicted molar refractivity (Wildman–Crippen MR) is 102 cm³/mol. The van der Waals surface area contributed by atoms with Crippen molar-refractivity contribution in [2.45, 2.75) is 31.9 Å². The summed E-state index contributed by atoms with van der Waals surface area (Å²) in [6, 6.07) is 14.6. The fourth-order valence-electron chi connectivity index (χ4n) is 3.35. The normalized spacial score (nSPS) is 19.4. The van der Waals surface area contributed by atoms with Crippen LogP contribution in [0.2, 0.25) is 0 Å². The molecule has 2 atom stereocenters. The molecule has 0 bridgehead atoms. The molecule has 1 aliphatic heterocycles. The lowest BCUT2D eigenvalue weighted by atomic mass is 9.89. The molecule has 1 aromatic heterocycles. The molecule has 1 amide bonds. The summed E-state index contributed by atoms with van der Waals surface area (Å²) in [5, 5.41) is 7.05. The zero-order valence-corrected chi connectivity index (χ0v) is 15.6. The number of aromatic nitrogens is 3. The van der Waals surface area contributed by atoms with E-state index in [1.54, 1.807) is 30.1 Å². The van der Waals surface area contributed by atoms with Gasteiger partial charge in [0.15, 0.2) is 5.60 Å². The smallest absolute Gasteiger partial charge is 0.339 e. The van der Waals surface area contributed by atoms with Crippen LogP contribution >= 0.6 is 0 Å². The molecule has 1 N–H and O–H groups in total. The summed E-state index contributed by atoms with van der Waals surface area (Å²) in [5.41, 5.74) is 1.92. The summed E-state index contributed by atoms with van der Waals surface area (Å²) in [6.07, 6.45) is 3.44. The van der Waals surface area contributed by atoms with E-state index in [1.165, 1.54) is 6.33 Å². The van der Waals surface area contributed by atoms with E-state index in [9.17, 15) is 9.59 Å². The van der Waals surface area contributed by atoms with Gasteiger partial charge in [-0.15, -0.1) is 0 Å². The van der Waals surface area contributed by atoms with Crippen molar-refractivity contribution in [3.63, 3.8) is 0 Å². The molecule has 2 aromatic carbocycles. The number of esters is 1. The van der Waals surface area contributed by atoms with Gasteiger partial charge in [-0.1, -0.05) is 30.3 Å². The Morgan fingerprint density at radius 1 is 1.21 bits per heavy atom. The summed E-state index contributed by atoms with van der Waals surface area (Å²) in [6.45, 7) is 3.54. The Kier molecular flexibility index (Phi) is 4.43. The Bertz CT molecular complexity index is 1010. The first kappa shape index (κ1) is 17.9. The van der Waals surface area contributed by atoms with Gasteiger partial charge in [-0.25, -0.2) is 14.5 Å². The van der Waals surface area contributed by atoms with Crippen molar-refractivity contribution in [1.82, 2.24) is 20.1 Å². The lowest BCUT2D eigenvalue weighted by Gasteiger charge is -2.34. The van der Waals surface area contributed by atoms with Gasteiger partial charge in [0.2, 0.25) is 0 Å². The molecule has 7 heteroatoms. The molecular weight excluding hydrogens is 356 g/mol. The van der Waals surface area contributed by atoms with Gasteiger partial charge in [-0.2, -0.15) is 5.10 Å². The predicted octanol–water partition coefficient (Wildman–Crippen LogP) is 2.62. The van der Waals surface area contributed by atoms with Gasteiger partial charge in [0.25, 0.3) is 5.91 Å². The van der Waals surface area contributed by atoms with Crippen molar-refractivity contribution in [2.24, 2.45) is 0 Å². The number of hydrogen-bond donors (Lipinski definition) is 1. The average molecular weight is 376 g/mol. The largest absolute Gasteiger partial charge is 0.445 e. The number of fused-ring (bicyclic) bond motifs is 1. The number of carbonyl (C=O) groups is 2. The lowest BCUT2D eigenvalue weighted by molar-refractivity contribution is -0.140. The Balaban J connectivity index is 1.48. The molecule has 7 nitrogen and oxygen atoms in total. The maximum Gasteiger partial charge on any atom is 0.339 e. The third kappa shape index (κ3) is 3.26. The van der Waals surface area contributed by atoms with Crippen LogP contribution in [0.4, 0.5) is 0 Å². The molecule has 0 fully saturated rings. The molecule has 2 heterocycles. The topological polar surface area (TPSA) is 86.1 Å². The van der Waals surface area contributed by atoms with Gasteiger partial charge in [0, 0.05) is 6.42 Å². The fraction of sp³-hybridized carbons (Fsp3) is 0.238. The van der Waals surface area contributed by atoms with E-state index in [0.717, 1.165) is 16.8 Å². The molecule has 4 rings (SSSR count). The van der Waals surface area contributed by atoms with Crippen LogP contribution in [0, 0.1) is 0 Å². The minimum absolute atomic E-state index is 0.245. The van der Waals surface area contributed by atoms with Crippen LogP contribution in [0.1, 0.15) is 41.4 Å². The molecular formula is C21H20N4O3. The second-order valence-corrected chi connectivity index (χ2v) is 7.08. The Morgan fingerprint density at radius 3 is 2.68 bits per heavy atom. The number of amides is 1. The third-order valence-corrected chi connectivity index (χ3v) is 4.99. The number of nitrogens with one attached hydrogen (secondary N) is 1. The summed E-state index contributed by atoms with van der Waals surface area (Å²) in [5.74, 6) is -0.785. The van der Waals surface area contributed by atoms with E-state index in [1.807, 2.05) is 43.3 Å². The first-order valence-corrected chi connectivity index (χ1v) is 9.03. The second kappa shape index (κ2) is 6.92. The summed E-state index contributed by atoms with van der Waals surface area (Å²) >= 11 is 0. The molecule has 0 spiro atoms. The number of nitrogens with zero attached hydrogens (tertiary/aromatic N) is 3. The maximum absolute atomic E-state index is 12.9. The Morgan fingerprint density at radius 2 is 1.96 bits per heavy atom. The highest BCUT2D eigenvalue weighted by atomic mass is 16.6. The van der Waals surface area contributed by atoms with Gasteiger partial charge in [0.1, 0.15) is 12.7 Å². The number of benzene rings is 2. The molecule has 2 unspecified atom stereocenters. The molecule has 28 heavy (non-hydrogen) atoms. The third-order valence-electron chi connectivity index (χ3n) is 4.99. The van der Waals surface area contributed by atoms with Crippen molar-refractivity contribution in [3.05, 3.63) is 77.9 Å². The van der Waals surface area contributed by atoms with Gasteiger partial charge in [-0.3, -0.25) is 4.79 Å². The maximum atomic E-state index is 12.9.